The predicted octanol–water partition coefficient (Wildman–Crippen LogP) is 4.40. The van der Waals surface area contributed by atoms with Crippen LogP contribution in [-0.4, -0.2) is 18.0 Å². The lowest BCUT2D eigenvalue weighted by atomic mass is 10.1. The Morgan fingerprint density at radius 1 is 1.13 bits per heavy atom. The largest absolute Gasteiger partial charge is 0.504 e. The molecule has 0 amide bonds. The molecule has 3 nitrogen and oxygen atoms in total. The molecule has 23 heavy (non-hydrogen) atoms. The van der Waals surface area contributed by atoms with Crippen molar-refractivity contribution in [2.75, 3.05) is 7.11 Å². The zero-order valence-electron chi connectivity index (χ0n) is 13.4. The molecule has 1 N–H and O–H groups in total. The molecule has 0 fully saturated rings. The summed E-state index contributed by atoms with van der Waals surface area (Å²) in [6.45, 7) is 0. The number of hydrogen-bond donors (Lipinski definition) is 1. The summed E-state index contributed by atoms with van der Waals surface area (Å²) in [7, 11) is 1.50. The summed E-state index contributed by atoms with van der Waals surface area (Å²) >= 11 is 0. The van der Waals surface area contributed by atoms with Crippen molar-refractivity contribution < 1.29 is 14.6 Å². The molecule has 0 heterocycles. The number of carbonyl (C=O) groups is 1. The molecule has 0 aliphatic heterocycles. The molecule has 0 atom stereocenters. The summed E-state index contributed by atoms with van der Waals surface area (Å²) in [5.41, 5.74) is 2.09. The van der Waals surface area contributed by atoms with E-state index in [0.29, 0.717) is 12.2 Å². The summed E-state index contributed by atoms with van der Waals surface area (Å²) in [6, 6.07) is 15.4. The van der Waals surface area contributed by atoms with E-state index >= 15 is 0 Å². The number of hydrogen-bond acceptors (Lipinski definition) is 3. The van der Waals surface area contributed by atoms with Crippen molar-refractivity contribution >= 4 is 11.9 Å². The average Bonchev–Trinajstić information content (AvgIpc) is 2.58. The van der Waals surface area contributed by atoms with Crippen molar-refractivity contribution in [1.82, 2.24) is 0 Å². The van der Waals surface area contributed by atoms with Crippen LogP contribution in [0.4, 0.5) is 0 Å². The second-order valence-corrected chi connectivity index (χ2v) is 5.42. The van der Waals surface area contributed by atoms with Crippen LogP contribution in [0, 0.1) is 0 Å². The summed E-state index contributed by atoms with van der Waals surface area (Å²) in [6.07, 6.45) is 6.73. The zero-order chi connectivity index (χ0) is 16.5. The van der Waals surface area contributed by atoms with Crippen LogP contribution in [0.15, 0.2) is 54.6 Å². The molecule has 0 aromatic heterocycles. The van der Waals surface area contributed by atoms with E-state index in [1.807, 2.05) is 18.2 Å². The summed E-state index contributed by atoms with van der Waals surface area (Å²) < 4.78 is 4.99. The van der Waals surface area contributed by atoms with Gasteiger partial charge in [-0.2, -0.15) is 0 Å². The molecule has 0 saturated heterocycles. The Labute approximate surface area is 137 Å². The lowest BCUT2D eigenvalue weighted by Gasteiger charge is -2.03. The first-order chi connectivity index (χ1) is 11.2. The number of ether oxygens (including phenoxy) is 1. The topological polar surface area (TPSA) is 46.5 Å². The number of benzene rings is 2. The Morgan fingerprint density at radius 2 is 1.91 bits per heavy atom. The molecule has 0 aliphatic rings. The Kier molecular flexibility index (Phi) is 6.42. The highest BCUT2D eigenvalue weighted by molar-refractivity contribution is 5.93. The molecule has 0 aliphatic carbocycles. The molecule has 2 rings (SSSR count). The number of ketones is 1. The minimum atomic E-state index is 0.0740. The van der Waals surface area contributed by atoms with Crippen LogP contribution in [0.2, 0.25) is 0 Å². The minimum absolute atomic E-state index is 0.0740. The van der Waals surface area contributed by atoms with Crippen LogP contribution in [0.5, 0.6) is 11.5 Å². The van der Waals surface area contributed by atoms with Gasteiger partial charge in [-0.1, -0.05) is 42.5 Å². The van der Waals surface area contributed by atoms with Gasteiger partial charge in [0, 0.05) is 6.42 Å². The summed E-state index contributed by atoms with van der Waals surface area (Å²) in [5.74, 6) is 0.604. The number of aromatic hydroxyl groups is 1. The van der Waals surface area contributed by atoms with E-state index in [1.54, 1.807) is 30.4 Å². The second-order valence-electron chi connectivity index (χ2n) is 5.42. The molecule has 0 unspecified atom stereocenters. The maximum Gasteiger partial charge on any atom is 0.160 e. The fraction of sp³-hybridized carbons (Fsp3) is 0.250. The fourth-order valence-corrected chi connectivity index (χ4v) is 2.36. The van der Waals surface area contributed by atoms with Crippen LogP contribution in [0.1, 0.15) is 30.4 Å². The second kappa shape index (κ2) is 8.79. The highest BCUT2D eigenvalue weighted by Gasteiger charge is 2.02. The van der Waals surface area contributed by atoms with Crippen LogP contribution < -0.4 is 4.74 Å². The Hall–Kier alpha value is -2.55. The normalized spacial score (nSPS) is 10.8. The van der Waals surface area contributed by atoms with Gasteiger partial charge in [0.05, 0.1) is 7.11 Å². The van der Waals surface area contributed by atoms with E-state index in [0.717, 1.165) is 24.8 Å². The fourth-order valence-electron chi connectivity index (χ4n) is 2.36. The third-order valence-electron chi connectivity index (χ3n) is 3.65. The van der Waals surface area contributed by atoms with Gasteiger partial charge < -0.3 is 9.84 Å². The Bertz CT molecular complexity index is 660. The van der Waals surface area contributed by atoms with E-state index in [9.17, 15) is 9.90 Å². The van der Waals surface area contributed by atoms with Gasteiger partial charge in [0.25, 0.3) is 0 Å². The Balaban J connectivity index is 1.75. The smallest absolute Gasteiger partial charge is 0.160 e. The first-order valence-corrected chi connectivity index (χ1v) is 7.81. The van der Waals surface area contributed by atoms with Crippen LogP contribution in [-0.2, 0) is 11.2 Å². The van der Waals surface area contributed by atoms with Gasteiger partial charge in [0.15, 0.2) is 17.3 Å². The van der Waals surface area contributed by atoms with Gasteiger partial charge in [0.2, 0.25) is 0 Å². The van der Waals surface area contributed by atoms with Crippen molar-refractivity contribution in [3.05, 3.63) is 65.7 Å². The number of allylic oxidation sites excluding steroid dienone is 1. The number of unbranched alkanes of at least 4 members (excludes halogenated alkanes) is 1. The van der Waals surface area contributed by atoms with Crippen molar-refractivity contribution in [3.63, 3.8) is 0 Å². The molecular weight excluding hydrogens is 288 g/mol. The van der Waals surface area contributed by atoms with Crippen LogP contribution >= 0.6 is 0 Å². The van der Waals surface area contributed by atoms with E-state index in [1.165, 1.54) is 12.7 Å². The maximum atomic E-state index is 11.9. The monoisotopic (exact) mass is 310 g/mol. The number of aryl methyl sites for hydroxylation is 1. The Morgan fingerprint density at radius 3 is 2.61 bits per heavy atom. The van der Waals surface area contributed by atoms with E-state index in [-0.39, 0.29) is 11.5 Å². The van der Waals surface area contributed by atoms with Gasteiger partial charge in [0.1, 0.15) is 0 Å². The zero-order valence-corrected chi connectivity index (χ0v) is 13.4. The van der Waals surface area contributed by atoms with Gasteiger partial charge in [-0.25, -0.2) is 0 Å². The number of methoxy groups -OCH3 is 1. The van der Waals surface area contributed by atoms with Gasteiger partial charge in [-0.15, -0.1) is 0 Å². The quantitative estimate of drug-likeness (QED) is 0.581. The van der Waals surface area contributed by atoms with Crippen molar-refractivity contribution in [1.29, 1.82) is 0 Å². The van der Waals surface area contributed by atoms with Crippen molar-refractivity contribution in [3.8, 4) is 11.5 Å². The van der Waals surface area contributed by atoms with Gasteiger partial charge in [-0.05, 0) is 48.6 Å². The lowest BCUT2D eigenvalue weighted by Crippen LogP contribution is -1.93. The van der Waals surface area contributed by atoms with E-state index in [2.05, 4.69) is 12.1 Å². The lowest BCUT2D eigenvalue weighted by molar-refractivity contribution is -0.114. The first-order valence-electron chi connectivity index (χ1n) is 7.81. The van der Waals surface area contributed by atoms with Crippen LogP contribution in [0.25, 0.3) is 6.08 Å². The SMILES string of the molecule is COc1ccc(C=CC(=O)CCCCc2ccccc2)cc1O. The van der Waals surface area contributed by atoms with E-state index < -0.39 is 0 Å². The highest BCUT2D eigenvalue weighted by Crippen LogP contribution is 2.26. The van der Waals surface area contributed by atoms with E-state index in [4.69, 9.17) is 4.74 Å². The predicted molar refractivity (Wildman–Crippen MR) is 92.7 cm³/mol. The molecule has 2 aromatic carbocycles. The molecule has 0 spiro atoms. The van der Waals surface area contributed by atoms with Gasteiger partial charge >= 0.3 is 0 Å². The highest BCUT2D eigenvalue weighted by atomic mass is 16.5. The molecule has 2 aromatic rings. The third kappa shape index (κ3) is 5.62. The van der Waals surface area contributed by atoms with Crippen molar-refractivity contribution in [2.45, 2.75) is 25.7 Å². The number of rotatable bonds is 8. The molecule has 0 radical (unpaired) electrons. The number of carbonyl (C=O) groups excluding carboxylic acids is 1. The summed E-state index contributed by atoms with van der Waals surface area (Å²) in [4.78, 5) is 11.9. The maximum absolute atomic E-state index is 11.9. The molecule has 0 bridgehead atoms. The van der Waals surface area contributed by atoms with Crippen molar-refractivity contribution in [2.24, 2.45) is 0 Å². The standard InChI is InChI=1S/C20H22O3/c1-23-20-14-12-17(15-19(20)22)11-13-18(21)10-6-5-9-16-7-3-2-4-8-16/h2-4,7-8,11-15,22H,5-6,9-10H2,1H3. The summed E-state index contributed by atoms with van der Waals surface area (Å²) in [5, 5.41) is 9.69. The first kappa shape index (κ1) is 16.8. The molecular formula is C20H22O3. The number of phenols is 1. The number of phenolic OH excluding ortho intramolecular Hbond substituents is 1. The third-order valence-corrected chi connectivity index (χ3v) is 3.65. The van der Waals surface area contributed by atoms with Gasteiger partial charge in [-0.3, -0.25) is 4.79 Å². The molecule has 0 saturated carbocycles. The van der Waals surface area contributed by atoms with Crippen LogP contribution in [0.3, 0.4) is 0 Å². The molecule has 3 heteroatoms. The minimum Gasteiger partial charge on any atom is -0.504 e. The molecule has 120 valence electrons. The average molecular weight is 310 g/mol.